The Morgan fingerprint density at radius 1 is 0.971 bits per heavy atom. The number of benzene rings is 2. The predicted octanol–water partition coefficient (Wildman–Crippen LogP) is 3.48. The van der Waals surface area contributed by atoms with Crippen LogP contribution in [0.15, 0.2) is 66.1 Å². The van der Waals surface area contributed by atoms with Crippen LogP contribution in [0.3, 0.4) is 0 Å². The molecule has 2 unspecified atom stereocenters. The molecule has 1 aliphatic carbocycles. The summed E-state index contributed by atoms with van der Waals surface area (Å²) in [6.45, 7) is 0. The van der Waals surface area contributed by atoms with E-state index in [-0.39, 0.29) is 33.8 Å². The van der Waals surface area contributed by atoms with Crippen LogP contribution in [0.2, 0.25) is 5.28 Å². The second-order valence-electron chi connectivity index (χ2n) is 7.88. The highest BCUT2D eigenvalue weighted by Crippen LogP contribution is 2.34. The van der Waals surface area contributed by atoms with E-state index >= 15 is 0 Å². The third-order valence-corrected chi connectivity index (χ3v) is 6.69. The molecule has 1 saturated carbocycles. The highest BCUT2D eigenvalue weighted by molar-refractivity contribution is 7.90. The molecule has 4 aromatic rings. The average molecular weight is 514 g/mol. The van der Waals surface area contributed by atoms with Gasteiger partial charge in [0, 0.05) is 23.8 Å². The Morgan fingerprint density at radius 2 is 1.71 bits per heavy atom. The topological polar surface area (TPSA) is 138 Å². The van der Waals surface area contributed by atoms with E-state index in [4.69, 9.17) is 17.3 Å². The van der Waals surface area contributed by atoms with Crippen LogP contribution >= 0.6 is 11.6 Å². The lowest BCUT2D eigenvalue weighted by molar-refractivity contribution is 0.332. The lowest BCUT2D eigenvalue weighted by Crippen LogP contribution is -2.38. The van der Waals surface area contributed by atoms with E-state index < -0.39 is 9.84 Å². The van der Waals surface area contributed by atoms with Crippen molar-refractivity contribution >= 4 is 21.4 Å². The molecule has 180 valence electrons. The third kappa shape index (κ3) is 5.99. The molecule has 2 aromatic heterocycles. The molecule has 2 heterocycles. The quantitative estimate of drug-likeness (QED) is 0.434. The van der Waals surface area contributed by atoms with Gasteiger partial charge in [-0.3, -0.25) is 0 Å². The van der Waals surface area contributed by atoms with Gasteiger partial charge in [0.15, 0.2) is 21.5 Å². The molecule has 5 rings (SSSR count). The van der Waals surface area contributed by atoms with Gasteiger partial charge in [-0.05, 0) is 48.7 Å². The number of nitrogens with two attached hydrogens (primary N) is 1. The van der Waals surface area contributed by atoms with Crippen LogP contribution in [-0.4, -0.2) is 50.6 Å². The van der Waals surface area contributed by atoms with Crippen LogP contribution in [-0.2, 0) is 9.84 Å². The van der Waals surface area contributed by atoms with Gasteiger partial charge in [0.1, 0.15) is 24.3 Å². The minimum Gasteiger partial charge on any atom is -0.327 e. The molecule has 0 spiro atoms. The Hall–Kier alpha value is -3.41. The van der Waals surface area contributed by atoms with Gasteiger partial charge in [0.25, 0.3) is 0 Å². The molecule has 0 amide bonds. The van der Waals surface area contributed by atoms with Crippen molar-refractivity contribution in [2.24, 2.45) is 5.73 Å². The first-order valence-electron chi connectivity index (χ1n) is 10.6. The van der Waals surface area contributed by atoms with Gasteiger partial charge < -0.3 is 5.73 Å². The van der Waals surface area contributed by atoms with Crippen molar-refractivity contribution in [1.82, 2.24) is 29.9 Å². The number of nitrogens with zero attached hydrogens (tertiary/aromatic N) is 6. The lowest BCUT2D eigenvalue weighted by Gasteiger charge is -2.32. The molecule has 1 aliphatic rings. The van der Waals surface area contributed by atoms with Gasteiger partial charge in [-0.25, -0.2) is 37.7 Å². The van der Waals surface area contributed by atoms with Crippen molar-refractivity contribution in [3.05, 3.63) is 78.1 Å². The molecule has 35 heavy (non-hydrogen) atoms. The Balaban J connectivity index is 0.000000168. The molecule has 1 fully saturated rings. The van der Waals surface area contributed by atoms with Crippen molar-refractivity contribution < 1.29 is 12.8 Å². The second kappa shape index (κ2) is 10.5. The van der Waals surface area contributed by atoms with E-state index in [1.807, 2.05) is 0 Å². The van der Waals surface area contributed by atoms with Crippen LogP contribution in [0.25, 0.3) is 22.8 Å². The smallest absolute Gasteiger partial charge is 0.226 e. The molecular weight excluding hydrogens is 493 g/mol. The standard InChI is InChI=1S/C13H12ClFN4.C10H9N3O2S/c14-13-18-11(7-3-1-2-4-9(7)15)17-12(19-13)8-5-6-10(8)16;1-16(14,15)9-4-2-3-8(5-9)10-12-6-11-7-13-10/h1-4,8,10H,5-6,16H2;2-7H,1H3. The largest absolute Gasteiger partial charge is 0.327 e. The van der Waals surface area contributed by atoms with Crippen LogP contribution in [0.1, 0.15) is 24.6 Å². The van der Waals surface area contributed by atoms with Gasteiger partial charge in [0.05, 0.1) is 10.5 Å². The fourth-order valence-electron chi connectivity index (χ4n) is 3.39. The Morgan fingerprint density at radius 3 is 2.34 bits per heavy atom. The molecule has 12 heteroatoms. The first-order chi connectivity index (χ1) is 16.7. The summed E-state index contributed by atoms with van der Waals surface area (Å²) < 4.78 is 36.5. The molecular formula is C23H21ClFN7O2S. The van der Waals surface area contributed by atoms with E-state index in [2.05, 4.69) is 29.9 Å². The monoisotopic (exact) mass is 513 g/mol. The van der Waals surface area contributed by atoms with Crippen LogP contribution < -0.4 is 5.73 Å². The average Bonchev–Trinajstić information content (AvgIpc) is 2.83. The summed E-state index contributed by atoms with van der Waals surface area (Å²) in [5.41, 5.74) is 6.88. The van der Waals surface area contributed by atoms with E-state index in [0.29, 0.717) is 22.8 Å². The summed E-state index contributed by atoms with van der Waals surface area (Å²) in [5, 5.41) is 0.0716. The summed E-state index contributed by atoms with van der Waals surface area (Å²) in [5.74, 6) is 0.976. The number of sulfone groups is 1. The molecule has 0 bridgehead atoms. The first kappa shape index (κ1) is 24.7. The van der Waals surface area contributed by atoms with Crippen LogP contribution in [0, 0.1) is 5.82 Å². The van der Waals surface area contributed by atoms with Crippen molar-refractivity contribution in [3.8, 4) is 22.8 Å². The van der Waals surface area contributed by atoms with Crippen molar-refractivity contribution in [2.75, 3.05) is 6.26 Å². The van der Waals surface area contributed by atoms with Crippen molar-refractivity contribution in [3.63, 3.8) is 0 Å². The number of rotatable bonds is 4. The van der Waals surface area contributed by atoms with Gasteiger partial charge in [-0.2, -0.15) is 4.98 Å². The maximum absolute atomic E-state index is 13.7. The van der Waals surface area contributed by atoms with Gasteiger partial charge in [0.2, 0.25) is 5.28 Å². The highest BCUT2D eigenvalue weighted by Gasteiger charge is 2.32. The summed E-state index contributed by atoms with van der Waals surface area (Å²) in [7, 11) is -3.20. The number of halogens is 2. The van der Waals surface area contributed by atoms with Gasteiger partial charge in [-0.1, -0.05) is 24.3 Å². The summed E-state index contributed by atoms with van der Waals surface area (Å²) in [6, 6.07) is 12.9. The fourth-order valence-corrected chi connectivity index (χ4v) is 4.23. The molecule has 0 saturated heterocycles. The molecule has 2 aromatic carbocycles. The SMILES string of the molecule is CS(=O)(=O)c1cccc(-c2ncncn2)c1.NC1CCC1c1nc(Cl)nc(-c2ccccc2F)n1. The Bertz CT molecular complexity index is 1440. The summed E-state index contributed by atoms with van der Waals surface area (Å²) in [6.07, 6.45) is 5.78. The Labute approximate surface area is 206 Å². The van der Waals surface area contributed by atoms with Gasteiger partial charge >= 0.3 is 0 Å². The highest BCUT2D eigenvalue weighted by atomic mass is 35.5. The number of aromatic nitrogens is 6. The second-order valence-corrected chi connectivity index (χ2v) is 10.2. The van der Waals surface area contributed by atoms with Crippen LogP contribution in [0.5, 0.6) is 0 Å². The maximum Gasteiger partial charge on any atom is 0.226 e. The number of hydrogen-bond donors (Lipinski definition) is 1. The van der Waals surface area contributed by atoms with E-state index in [9.17, 15) is 12.8 Å². The van der Waals surface area contributed by atoms with Crippen molar-refractivity contribution in [2.45, 2.75) is 29.7 Å². The van der Waals surface area contributed by atoms with E-state index in [1.54, 1.807) is 42.5 Å². The zero-order valence-corrected chi connectivity index (χ0v) is 20.2. The first-order valence-corrected chi connectivity index (χ1v) is 12.8. The van der Waals surface area contributed by atoms with Gasteiger partial charge in [-0.15, -0.1) is 0 Å². The third-order valence-electron chi connectivity index (χ3n) is 5.41. The number of hydrogen-bond acceptors (Lipinski definition) is 9. The summed E-state index contributed by atoms with van der Waals surface area (Å²) >= 11 is 5.90. The predicted molar refractivity (Wildman–Crippen MR) is 129 cm³/mol. The molecule has 9 nitrogen and oxygen atoms in total. The minimum absolute atomic E-state index is 0.0481. The zero-order chi connectivity index (χ0) is 25.0. The van der Waals surface area contributed by atoms with E-state index in [1.165, 1.54) is 25.0 Å². The molecule has 2 atom stereocenters. The Kier molecular flexibility index (Phi) is 7.39. The van der Waals surface area contributed by atoms with E-state index in [0.717, 1.165) is 12.8 Å². The minimum atomic E-state index is -3.20. The summed E-state index contributed by atoms with van der Waals surface area (Å²) in [4.78, 5) is 24.3. The maximum atomic E-state index is 13.7. The van der Waals surface area contributed by atoms with Crippen molar-refractivity contribution in [1.29, 1.82) is 0 Å². The normalized spacial score (nSPS) is 17.1. The zero-order valence-electron chi connectivity index (χ0n) is 18.6. The van der Waals surface area contributed by atoms with Crippen LogP contribution in [0.4, 0.5) is 4.39 Å². The fraction of sp³-hybridized carbons (Fsp3) is 0.217. The molecule has 0 aliphatic heterocycles. The molecule has 2 N–H and O–H groups in total. The lowest BCUT2D eigenvalue weighted by atomic mass is 9.79. The molecule has 0 radical (unpaired) electrons.